The van der Waals surface area contributed by atoms with Gasteiger partial charge in [0.2, 0.25) is 0 Å². The molecule has 5 nitrogen and oxygen atoms in total. The fourth-order valence-electron chi connectivity index (χ4n) is 2.87. The summed E-state index contributed by atoms with van der Waals surface area (Å²) in [6.45, 7) is 8.54. The van der Waals surface area contributed by atoms with Crippen molar-refractivity contribution >= 4 is 17.6 Å². The summed E-state index contributed by atoms with van der Waals surface area (Å²) in [6.07, 6.45) is 1.91. The molecule has 0 fully saturated rings. The van der Waals surface area contributed by atoms with Crippen LogP contribution >= 0.6 is 11.6 Å². The first-order valence-electron chi connectivity index (χ1n) is 8.89. The van der Waals surface area contributed by atoms with E-state index in [1.165, 1.54) is 11.3 Å². The van der Waals surface area contributed by atoms with E-state index in [9.17, 15) is 0 Å². The summed E-state index contributed by atoms with van der Waals surface area (Å²) in [5.74, 6) is 0.811. The maximum atomic E-state index is 5.93. The monoisotopic (exact) mass is 361 g/mol. The second-order valence-corrected chi connectivity index (χ2v) is 6.31. The van der Waals surface area contributed by atoms with Crippen LogP contribution in [0.2, 0.25) is 5.02 Å². The maximum absolute atomic E-state index is 5.93. The molecule has 136 valence electrons. The smallest absolute Gasteiger partial charge is 0.191 e. The topological polar surface area (TPSA) is 54.2 Å². The average Bonchev–Trinajstić information content (AvgIpc) is 2.93. The van der Waals surface area contributed by atoms with Gasteiger partial charge in [0.05, 0.1) is 12.2 Å². The average molecular weight is 362 g/mol. The number of hydrogen-bond acceptors (Lipinski definition) is 2. The van der Waals surface area contributed by atoms with Crippen LogP contribution in [0.4, 0.5) is 0 Å². The molecule has 25 heavy (non-hydrogen) atoms. The number of guanidine groups is 1. The standard InChI is InChI=1S/C19H28ClN5/c1-5-17-16(18(6-2)25(4)24-17)13-23-19(21-7-3)22-12-14-8-10-15(20)11-9-14/h8-11H,5-7,12-13H2,1-4H3,(H2,21,22,23). The Bertz CT molecular complexity index is 703. The molecule has 0 aliphatic heterocycles. The van der Waals surface area contributed by atoms with Crippen LogP contribution < -0.4 is 10.6 Å². The number of nitrogens with zero attached hydrogens (tertiary/aromatic N) is 3. The van der Waals surface area contributed by atoms with Gasteiger partial charge >= 0.3 is 0 Å². The lowest BCUT2D eigenvalue weighted by molar-refractivity contribution is 0.702. The van der Waals surface area contributed by atoms with Crippen molar-refractivity contribution in [1.82, 2.24) is 20.4 Å². The molecule has 0 amide bonds. The van der Waals surface area contributed by atoms with E-state index in [1.807, 2.05) is 36.0 Å². The summed E-state index contributed by atoms with van der Waals surface area (Å²) < 4.78 is 1.99. The van der Waals surface area contributed by atoms with Crippen LogP contribution in [0.3, 0.4) is 0 Å². The highest BCUT2D eigenvalue weighted by Crippen LogP contribution is 2.15. The number of aryl methyl sites for hydroxylation is 2. The second kappa shape index (κ2) is 9.47. The zero-order chi connectivity index (χ0) is 18.2. The molecule has 0 aliphatic carbocycles. The lowest BCUT2D eigenvalue weighted by Gasteiger charge is -2.12. The zero-order valence-electron chi connectivity index (χ0n) is 15.6. The van der Waals surface area contributed by atoms with E-state index in [4.69, 9.17) is 11.6 Å². The van der Waals surface area contributed by atoms with Crippen molar-refractivity contribution in [3.05, 3.63) is 51.8 Å². The minimum atomic E-state index is 0.612. The van der Waals surface area contributed by atoms with Gasteiger partial charge in [0.15, 0.2) is 5.96 Å². The summed E-state index contributed by atoms with van der Waals surface area (Å²) in [6, 6.07) is 7.79. The molecule has 1 aromatic heterocycles. The highest BCUT2D eigenvalue weighted by atomic mass is 35.5. The molecule has 2 aromatic rings. The Kier molecular flexibility index (Phi) is 7.31. The Hall–Kier alpha value is -2.01. The molecule has 0 aliphatic rings. The van der Waals surface area contributed by atoms with Crippen LogP contribution in [0.25, 0.3) is 0 Å². The molecule has 0 saturated carbocycles. The number of halogens is 1. The summed E-state index contributed by atoms with van der Waals surface area (Å²) in [4.78, 5) is 4.67. The Labute approximate surface area is 155 Å². The van der Waals surface area contributed by atoms with Gasteiger partial charge in [-0.15, -0.1) is 0 Å². The number of aromatic nitrogens is 2. The van der Waals surface area contributed by atoms with Crippen molar-refractivity contribution < 1.29 is 0 Å². The molecule has 2 rings (SSSR count). The van der Waals surface area contributed by atoms with Crippen LogP contribution in [-0.2, 0) is 33.0 Å². The van der Waals surface area contributed by atoms with Crippen LogP contribution in [0.5, 0.6) is 0 Å². The third kappa shape index (κ3) is 5.23. The first-order valence-corrected chi connectivity index (χ1v) is 9.27. The van der Waals surface area contributed by atoms with Crippen LogP contribution in [0.15, 0.2) is 29.3 Å². The SMILES string of the molecule is CCNC(=NCc1ccc(Cl)cc1)NCc1c(CC)nn(C)c1CC. The maximum Gasteiger partial charge on any atom is 0.191 e. The van der Waals surface area contributed by atoms with Gasteiger partial charge in [0.1, 0.15) is 0 Å². The zero-order valence-corrected chi connectivity index (χ0v) is 16.3. The number of benzene rings is 1. The predicted molar refractivity (Wildman–Crippen MR) is 105 cm³/mol. The molecule has 2 N–H and O–H groups in total. The van der Waals surface area contributed by atoms with E-state index >= 15 is 0 Å². The molecular formula is C19H28ClN5. The van der Waals surface area contributed by atoms with E-state index in [2.05, 4.69) is 41.5 Å². The van der Waals surface area contributed by atoms with Crippen LogP contribution in [0.1, 0.15) is 43.3 Å². The van der Waals surface area contributed by atoms with Gasteiger partial charge in [-0.25, -0.2) is 4.99 Å². The lowest BCUT2D eigenvalue weighted by Crippen LogP contribution is -2.37. The first-order chi connectivity index (χ1) is 12.1. The highest BCUT2D eigenvalue weighted by Gasteiger charge is 2.13. The Morgan fingerprint density at radius 1 is 1.12 bits per heavy atom. The number of nitrogens with one attached hydrogen (secondary N) is 2. The number of aliphatic imine (C=N–C) groups is 1. The third-order valence-corrected chi connectivity index (χ3v) is 4.39. The fourth-order valence-corrected chi connectivity index (χ4v) is 2.99. The second-order valence-electron chi connectivity index (χ2n) is 5.88. The minimum absolute atomic E-state index is 0.612. The Morgan fingerprint density at radius 2 is 1.84 bits per heavy atom. The van der Waals surface area contributed by atoms with Crippen molar-refractivity contribution in [2.45, 2.75) is 46.7 Å². The van der Waals surface area contributed by atoms with Gasteiger partial charge in [0.25, 0.3) is 0 Å². The van der Waals surface area contributed by atoms with Crippen molar-refractivity contribution in [2.75, 3.05) is 6.54 Å². The summed E-state index contributed by atoms with van der Waals surface area (Å²) in [5, 5.41) is 12.1. The third-order valence-electron chi connectivity index (χ3n) is 4.14. The van der Waals surface area contributed by atoms with Gasteiger partial charge in [0, 0.05) is 36.4 Å². The van der Waals surface area contributed by atoms with E-state index < -0.39 is 0 Å². The van der Waals surface area contributed by atoms with E-state index in [-0.39, 0.29) is 0 Å². The van der Waals surface area contributed by atoms with Crippen LogP contribution in [0, 0.1) is 0 Å². The van der Waals surface area contributed by atoms with Crippen molar-refractivity contribution in [3.8, 4) is 0 Å². The van der Waals surface area contributed by atoms with Gasteiger partial charge in [-0.1, -0.05) is 37.6 Å². The molecule has 6 heteroatoms. The van der Waals surface area contributed by atoms with Crippen molar-refractivity contribution in [1.29, 1.82) is 0 Å². The largest absolute Gasteiger partial charge is 0.357 e. The van der Waals surface area contributed by atoms with Gasteiger partial charge in [-0.05, 0) is 37.5 Å². The van der Waals surface area contributed by atoms with Crippen LogP contribution in [-0.4, -0.2) is 22.3 Å². The molecule has 0 bridgehead atoms. The Morgan fingerprint density at radius 3 is 2.44 bits per heavy atom. The summed E-state index contributed by atoms with van der Waals surface area (Å²) in [5.41, 5.74) is 4.84. The molecule has 0 saturated heterocycles. The minimum Gasteiger partial charge on any atom is -0.357 e. The lowest BCUT2D eigenvalue weighted by atomic mass is 10.1. The normalized spacial score (nSPS) is 11.6. The molecule has 1 heterocycles. The van der Waals surface area contributed by atoms with Crippen molar-refractivity contribution in [2.24, 2.45) is 12.0 Å². The molecule has 0 spiro atoms. The fraction of sp³-hybridized carbons (Fsp3) is 0.474. The first kappa shape index (κ1) is 19.3. The summed E-state index contributed by atoms with van der Waals surface area (Å²) >= 11 is 5.93. The quantitative estimate of drug-likeness (QED) is 0.586. The molecule has 0 radical (unpaired) electrons. The van der Waals surface area contributed by atoms with Crippen molar-refractivity contribution in [3.63, 3.8) is 0 Å². The molecule has 0 unspecified atom stereocenters. The van der Waals surface area contributed by atoms with Gasteiger partial charge in [-0.3, -0.25) is 4.68 Å². The molecule has 0 atom stereocenters. The van der Waals surface area contributed by atoms with Gasteiger partial charge < -0.3 is 10.6 Å². The van der Waals surface area contributed by atoms with E-state index in [0.29, 0.717) is 6.54 Å². The highest BCUT2D eigenvalue weighted by molar-refractivity contribution is 6.30. The molecular weight excluding hydrogens is 334 g/mol. The van der Waals surface area contributed by atoms with E-state index in [1.54, 1.807) is 0 Å². The van der Waals surface area contributed by atoms with Gasteiger partial charge in [-0.2, -0.15) is 5.10 Å². The number of hydrogen-bond donors (Lipinski definition) is 2. The molecule has 1 aromatic carbocycles. The summed E-state index contributed by atoms with van der Waals surface area (Å²) in [7, 11) is 2.02. The number of rotatable bonds is 7. The van der Waals surface area contributed by atoms with E-state index in [0.717, 1.165) is 48.2 Å². The Balaban J connectivity index is 2.09. The predicted octanol–water partition coefficient (Wildman–Crippen LogP) is 3.45.